The first-order valence-electron chi connectivity index (χ1n) is 5.39. The molecule has 0 saturated carbocycles. The second kappa shape index (κ2) is 4.18. The monoisotopic (exact) mass is 234 g/mol. The minimum atomic E-state index is -0.998. The Bertz CT molecular complexity index is 485. The lowest BCUT2D eigenvalue weighted by Gasteiger charge is -2.23. The van der Waals surface area contributed by atoms with E-state index in [4.69, 9.17) is 10.8 Å². The maximum absolute atomic E-state index is 11.8. The molecule has 5 heteroatoms. The van der Waals surface area contributed by atoms with E-state index < -0.39 is 12.0 Å². The van der Waals surface area contributed by atoms with Gasteiger partial charge in [0.05, 0.1) is 12.2 Å². The molecule has 1 aliphatic rings. The van der Waals surface area contributed by atoms with E-state index in [1.54, 1.807) is 0 Å². The van der Waals surface area contributed by atoms with Crippen LogP contribution < -0.4 is 10.6 Å². The predicted octanol–water partition coefficient (Wildman–Crippen LogP) is 0.296. The number of amides is 1. The van der Waals surface area contributed by atoms with Crippen LogP contribution in [0.15, 0.2) is 18.2 Å². The summed E-state index contributed by atoms with van der Waals surface area (Å²) in [5.41, 5.74) is 7.83. The van der Waals surface area contributed by atoms with Crippen molar-refractivity contribution < 1.29 is 14.7 Å². The van der Waals surface area contributed by atoms with E-state index in [1.165, 1.54) is 4.90 Å². The first-order valence-corrected chi connectivity index (χ1v) is 5.39. The number of nitrogens with two attached hydrogens (primary N) is 1. The average Bonchev–Trinajstić information content (AvgIpc) is 2.69. The predicted molar refractivity (Wildman–Crippen MR) is 62.8 cm³/mol. The number of carbonyl (C=O) groups excluding carboxylic acids is 1. The molecule has 17 heavy (non-hydrogen) atoms. The Kier molecular flexibility index (Phi) is 2.85. The molecule has 90 valence electrons. The van der Waals surface area contributed by atoms with Crippen molar-refractivity contribution in [3.8, 4) is 0 Å². The molecular formula is C12H14N2O3. The van der Waals surface area contributed by atoms with E-state index >= 15 is 0 Å². The van der Waals surface area contributed by atoms with E-state index in [-0.39, 0.29) is 12.5 Å². The summed E-state index contributed by atoms with van der Waals surface area (Å²) in [6, 6.07) is 4.74. The highest BCUT2D eigenvalue weighted by Gasteiger charge is 2.38. The molecular weight excluding hydrogens is 220 g/mol. The zero-order chi connectivity index (χ0) is 12.6. The van der Waals surface area contributed by atoms with Crippen molar-refractivity contribution in [2.75, 3.05) is 11.4 Å². The van der Waals surface area contributed by atoms with Crippen LogP contribution >= 0.6 is 0 Å². The number of rotatable bonds is 2. The molecule has 1 aromatic rings. The summed E-state index contributed by atoms with van der Waals surface area (Å²) in [5, 5.41) is 9.16. The minimum absolute atomic E-state index is 0.183. The van der Waals surface area contributed by atoms with Crippen LogP contribution in [0.25, 0.3) is 0 Å². The van der Waals surface area contributed by atoms with Gasteiger partial charge in [0.1, 0.15) is 6.04 Å². The van der Waals surface area contributed by atoms with E-state index in [1.807, 2.05) is 25.1 Å². The number of fused-ring (bicyclic) bond motifs is 1. The van der Waals surface area contributed by atoms with Crippen LogP contribution in [0.4, 0.5) is 5.69 Å². The number of carbonyl (C=O) groups is 2. The molecule has 1 atom stereocenters. The summed E-state index contributed by atoms with van der Waals surface area (Å²) >= 11 is 0. The van der Waals surface area contributed by atoms with Crippen LogP contribution in [0.3, 0.4) is 0 Å². The van der Waals surface area contributed by atoms with Gasteiger partial charge in [0.25, 0.3) is 0 Å². The normalized spacial score (nSPS) is 18.0. The van der Waals surface area contributed by atoms with Crippen molar-refractivity contribution in [2.24, 2.45) is 5.73 Å². The maximum atomic E-state index is 11.8. The quantitative estimate of drug-likeness (QED) is 0.770. The van der Waals surface area contributed by atoms with E-state index in [0.717, 1.165) is 11.1 Å². The zero-order valence-corrected chi connectivity index (χ0v) is 9.51. The molecule has 1 amide bonds. The Morgan fingerprint density at radius 1 is 1.53 bits per heavy atom. The van der Waals surface area contributed by atoms with Gasteiger partial charge in [0.2, 0.25) is 5.91 Å². The highest BCUT2D eigenvalue weighted by Crippen LogP contribution is 2.35. The van der Waals surface area contributed by atoms with Crippen LogP contribution in [-0.4, -0.2) is 29.6 Å². The first kappa shape index (κ1) is 11.6. The summed E-state index contributed by atoms with van der Waals surface area (Å²) in [6.07, 6.45) is 0.345. The van der Waals surface area contributed by atoms with Crippen LogP contribution in [-0.2, 0) is 16.0 Å². The van der Waals surface area contributed by atoms with Gasteiger partial charge in [-0.2, -0.15) is 0 Å². The Morgan fingerprint density at radius 3 is 2.82 bits per heavy atom. The maximum Gasteiger partial charge on any atom is 0.327 e. The number of aryl methyl sites for hydroxylation is 1. The second-order valence-corrected chi connectivity index (χ2v) is 4.11. The van der Waals surface area contributed by atoms with Gasteiger partial charge in [-0.15, -0.1) is 0 Å². The van der Waals surface area contributed by atoms with Crippen molar-refractivity contribution >= 4 is 17.6 Å². The Balaban J connectivity index is 2.52. The van der Waals surface area contributed by atoms with Gasteiger partial charge in [0.15, 0.2) is 0 Å². The Labute approximate surface area is 98.8 Å². The number of anilines is 1. The van der Waals surface area contributed by atoms with E-state index in [0.29, 0.717) is 12.1 Å². The minimum Gasteiger partial charge on any atom is -0.480 e. The number of aliphatic carboxylic acids is 1. The first-order chi connectivity index (χ1) is 8.06. The molecule has 0 aromatic heterocycles. The van der Waals surface area contributed by atoms with Gasteiger partial charge in [-0.1, -0.05) is 18.2 Å². The van der Waals surface area contributed by atoms with Gasteiger partial charge < -0.3 is 10.8 Å². The lowest BCUT2D eigenvalue weighted by molar-refractivity contribution is -0.139. The van der Waals surface area contributed by atoms with Crippen molar-refractivity contribution in [1.82, 2.24) is 0 Å². The number of carboxylic acids is 1. The van der Waals surface area contributed by atoms with Gasteiger partial charge in [0, 0.05) is 6.42 Å². The zero-order valence-electron chi connectivity index (χ0n) is 9.51. The molecule has 5 nitrogen and oxygen atoms in total. The van der Waals surface area contributed by atoms with Crippen LogP contribution in [0.5, 0.6) is 0 Å². The third-order valence-electron chi connectivity index (χ3n) is 3.02. The summed E-state index contributed by atoms with van der Waals surface area (Å²) < 4.78 is 0. The topological polar surface area (TPSA) is 83.6 Å². The second-order valence-electron chi connectivity index (χ2n) is 4.11. The Morgan fingerprint density at radius 2 is 2.24 bits per heavy atom. The van der Waals surface area contributed by atoms with Gasteiger partial charge >= 0.3 is 5.97 Å². The van der Waals surface area contributed by atoms with Crippen molar-refractivity contribution in [1.29, 1.82) is 0 Å². The highest BCUT2D eigenvalue weighted by molar-refractivity contribution is 6.03. The number of carboxylic acid groups (broad SMARTS) is 1. The van der Waals surface area contributed by atoms with Crippen LogP contribution in [0.2, 0.25) is 0 Å². The highest BCUT2D eigenvalue weighted by atomic mass is 16.4. The molecule has 2 rings (SSSR count). The third-order valence-corrected chi connectivity index (χ3v) is 3.02. The van der Waals surface area contributed by atoms with Crippen molar-refractivity contribution in [3.05, 3.63) is 29.3 Å². The summed E-state index contributed by atoms with van der Waals surface area (Å²) in [7, 11) is 0. The Hall–Kier alpha value is -1.88. The molecule has 0 radical (unpaired) electrons. The number of benzene rings is 1. The van der Waals surface area contributed by atoms with Crippen molar-refractivity contribution in [3.63, 3.8) is 0 Å². The molecule has 0 fully saturated rings. The summed E-state index contributed by atoms with van der Waals surface area (Å²) in [4.78, 5) is 24.3. The van der Waals surface area contributed by atoms with E-state index in [2.05, 4.69) is 0 Å². The third kappa shape index (κ3) is 1.78. The molecule has 0 aliphatic carbocycles. The molecule has 0 bridgehead atoms. The molecule has 1 aliphatic heterocycles. The van der Waals surface area contributed by atoms with Gasteiger partial charge in [-0.05, 0) is 18.1 Å². The number of nitrogens with zero attached hydrogens (tertiary/aromatic N) is 1. The van der Waals surface area contributed by atoms with Crippen molar-refractivity contribution in [2.45, 2.75) is 19.4 Å². The lowest BCUT2D eigenvalue weighted by atomic mass is 10.1. The van der Waals surface area contributed by atoms with Gasteiger partial charge in [-0.25, -0.2) is 4.79 Å². The molecule has 1 aromatic carbocycles. The largest absolute Gasteiger partial charge is 0.480 e. The fourth-order valence-electron chi connectivity index (χ4n) is 2.28. The fourth-order valence-corrected chi connectivity index (χ4v) is 2.28. The number of hydrogen-bond acceptors (Lipinski definition) is 3. The van der Waals surface area contributed by atoms with Crippen LogP contribution in [0, 0.1) is 6.92 Å². The van der Waals surface area contributed by atoms with Crippen LogP contribution in [0.1, 0.15) is 11.1 Å². The molecule has 1 heterocycles. The summed E-state index contributed by atoms with van der Waals surface area (Å²) in [5.74, 6) is -1.35. The molecule has 0 spiro atoms. The molecule has 0 saturated heterocycles. The van der Waals surface area contributed by atoms with E-state index in [9.17, 15) is 9.59 Å². The number of hydrogen-bond donors (Lipinski definition) is 2. The molecule has 0 unspecified atom stereocenters. The molecule has 3 N–H and O–H groups in total. The smallest absolute Gasteiger partial charge is 0.327 e. The average molecular weight is 234 g/mol. The van der Waals surface area contributed by atoms with Gasteiger partial charge in [-0.3, -0.25) is 9.69 Å². The SMILES string of the molecule is Cc1cccc2c1N(C(=O)CN)[C@H](C(=O)O)C2. The number of para-hydroxylation sites is 1. The standard InChI is InChI=1S/C12H14N2O3/c1-7-3-2-4-8-5-9(12(16)17)14(11(7)8)10(15)6-13/h2-4,9H,5-6,13H2,1H3,(H,16,17)/t9-/m0/s1. The lowest BCUT2D eigenvalue weighted by Crippen LogP contribution is -2.45. The fraction of sp³-hybridized carbons (Fsp3) is 0.333. The summed E-state index contributed by atoms with van der Waals surface area (Å²) in [6.45, 7) is 1.68.